The third-order valence-corrected chi connectivity index (χ3v) is 3.88. The van der Waals surface area contributed by atoms with Crippen LogP contribution in [0.2, 0.25) is 0 Å². The normalized spacial score (nSPS) is 24.7. The Morgan fingerprint density at radius 2 is 2.25 bits per heavy atom. The van der Waals surface area contributed by atoms with Crippen LogP contribution in [-0.4, -0.2) is 12.6 Å². The van der Waals surface area contributed by atoms with Crippen LogP contribution in [0.15, 0.2) is 22.7 Å². The second-order valence-corrected chi connectivity index (χ2v) is 5.37. The van der Waals surface area contributed by atoms with Crippen molar-refractivity contribution in [3.8, 4) is 5.75 Å². The van der Waals surface area contributed by atoms with Gasteiger partial charge in [-0.1, -0.05) is 6.07 Å². The lowest BCUT2D eigenvalue weighted by Crippen LogP contribution is -2.27. The molecule has 16 heavy (non-hydrogen) atoms. The van der Waals surface area contributed by atoms with Gasteiger partial charge in [-0.3, -0.25) is 0 Å². The second kappa shape index (κ2) is 5.19. The molecule has 1 aliphatic carbocycles. The Labute approximate surface area is 105 Å². The number of ether oxygens (including phenoxy) is 1. The van der Waals surface area contributed by atoms with Crippen molar-refractivity contribution in [3.63, 3.8) is 0 Å². The molecular formula is C13H18BrNO. The average Bonchev–Trinajstić information content (AvgIpc) is 2.69. The monoisotopic (exact) mass is 283 g/mol. The van der Waals surface area contributed by atoms with Crippen LogP contribution in [0.25, 0.3) is 0 Å². The zero-order valence-corrected chi connectivity index (χ0v) is 11.2. The molecule has 0 radical (unpaired) electrons. The fourth-order valence-electron chi connectivity index (χ4n) is 2.29. The summed E-state index contributed by atoms with van der Waals surface area (Å²) in [7, 11) is 0. The van der Waals surface area contributed by atoms with E-state index in [1.165, 1.54) is 18.4 Å². The SMILES string of the molecule is Cc1ccc(OC2CCCC2CN)c(Br)c1. The van der Waals surface area contributed by atoms with Crippen LogP contribution in [-0.2, 0) is 0 Å². The molecule has 0 aromatic heterocycles. The van der Waals surface area contributed by atoms with Crippen molar-refractivity contribution in [2.24, 2.45) is 11.7 Å². The first-order chi connectivity index (χ1) is 7.70. The molecular weight excluding hydrogens is 266 g/mol. The molecule has 2 rings (SSSR count). The highest BCUT2D eigenvalue weighted by Gasteiger charge is 2.28. The predicted molar refractivity (Wildman–Crippen MR) is 69.7 cm³/mol. The smallest absolute Gasteiger partial charge is 0.133 e. The summed E-state index contributed by atoms with van der Waals surface area (Å²) < 4.78 is 7.07. The Bertz CT molecular complexity index is 367. The molecule has 0 spiro atoms. The van der Waals surface area contributed by atoms with Crippen molar-refractivity contribution in [2.75, 3.05) is 6.54 Å². The molecule has 0 aliphatic heterocycles. The number of aryl methyl sites for hydroxylation is 1. The lowest BCUT2D eigenvalue weighted by Gasteiger charge is -2.20. The quantitative estimate of drug-likeness (QED) is 0.924. The van der Waals surface area contributed by atoms with Gasteiger partial charge < -0.3 is 10.5 Å². The maximum atomic E-state index is 6.04. The van der Waals surface area contributed by atoms with Gasteiger partial charge in [0, 0.05) is 5.92 Å². The number of hydrogen-bond donors (Lipinski definition) is 1. The summed E-state index contributed by atoms with van der Waals surface area (Å²) in [5.41, 5.74) is 6.99. The molecule has 1 aromatic rings. The molecule has 1 aliphatic rings. The Balaban J connectivity index is 2.08. The van der Waals surface area contributed by atoms with E-state index in [1.807, 2.05) is 6.07 Å². The lowest BCUT2D eigenvalue weighted by atomic mass is 10.1. The molecule has 0 saturated heterocycles. The first kappa shape index (κ1) is 11.9. The van der Waals surface area contributed by atoms with Crippen molar-refractivity contribution in [1.29, 1.82) is 0 Å². The van der Waals surface area contributed by atoms with Gasteiger partial charge >= 0.3 is 0 Å². The first-order valence-corrected chi connectivity index (χ1v) is 6.63. The molecule has 0 heterocycles. The van der Waals surface area contributed by atoms with Crippen molar-refractivity contribution in [1.82, 2.24) is 0 Å². The fraction of sp³-hybridized carbons (Fsp3) is 0.538. The number of benzene rings is 1. The Morgan fingerprint density at radius 3 is 2.94 bits per heavy atom. The van der Waals surface area contributed by atoms with Crippen LogP contribution in [0.3, 0.4) is 0 Å². The molecule has 0 bridgehead atoms. The van der Waals surface area contributed by atoms with Gasteiger partial charge in [0.25, 0.3) is 0 Å². The first-order valence-electron chi connectivity index (χ1n) is 5.83. The third kappa shape index (κ3) is 2.58. The minimum absolute atomic E-state index is 0.295. The summed E-state index contributed by atoms with van der Waals surface area (Å²) in [4.78, 5) is 0. The third-order valence-electron chi connectivity index (χ3n) is 3.26. The highest BCUT2D eigenvalue weighted by atomic mass is 79.9. The van der Waals surface area contributed by atoms with E-state index in [-0.39, 0.29) is 0 Å². The average molecular weight is 284 g/mol. The summed E-state index contributed by atoms with van der Waals surface area (Å²) in [6, 6.07) is 6.19. The molecule has 2 nitrogen and oxygen atoms in total. The summed E-state index contributed by atoms with van der Waals surface area (Å²) in [6.45, 7) is 2.81. The van der Waals surface area contributed by atoms with E-state index >= 15 is 0 Å². The van der Waals surface area contributed by atoms with Crippen molar-refractivity contribution >= 4 is 15.9 Å². The molecule has 1 saturated carbocycles. The number of rotatable bonds is 3. The van der Waals surface area contributed by atoms with Gasteiger partial charge in [0.15, 0.2) is 0 Å². The highest BCUT2D eigenvalue weighted by Crippen LogP contribution is 2.33. The van der Waals surface area contributed by atoms with Gasteiger partial charge in [0.2, 0.25) is 0 Å². The molecule has 0 amide bonds. The minimum atomic E-state index is 0.295. The van der Waals surface area contributed by atoms with Gasteiger partial charge in [-0.15, -0.1) is 0 Å². The summed E-state index contributed by atoms with van der Waals surface area (Å²) in [6.07, 6.45) is 3.85. The second-order valence-electron chi connectivity index (χ2n) is 4.52. The van der Waals surface area contributed by atoms with E-state index in [0.717, 1.165) is 23.2 Å². The summed E-state index contributed by atoms with van der Waals surface area (Å²) >= 11 is 3.54. The molecule has 2 unspecified atom stereocenters. The predicted octanol–water partition coefficient (Wildman–Crippen LogP) is 3.26. The molecule has 2 N–H and O–H groups in total. The van der Waals surface area contributed by atoms with Crippen molar-refractivity contribution in [3.05, 3.63) is 28.2 Å². The molecule has 88 valence electrons. The van der Waals surface area contributed by atoms with Crippen LogP contribution in [0, 0.1) is 12.8 Å². The number of hydrogen-bond acceptors (Lipinski definition) is 2. The molecule has 2 atom stereocenters. The summed E-state index contributed by atoms with van der Waals surface area (Å²) in [5.74, 6) is 1.46. The zero-order valence-electron chi connectivity index (χ0n) is 9.58. The van der Waals surface area contributed by atoms with E-state index in [9.17, 15) is 0 Å². The van der Waals surface area contributed by atoms with Crippen molar-refractivity contribution in [2.45, 2.75) is 32.3 Å². The molecule has 1 fully saturated rings. The van der Waals surface area contributed by atoms with E-state index in [0.29, 0.717) is 12.0 Å². The topological polar surface area (TPSA) is 35.2 Å². The minimum Gasteiger partial charge on any atom is -0.489 e. The lowest BCUT2D eigenvalue weighted by molar-refractivity contribution is 0.161. The number of halogens is 1. The van der Waals surface area contributed by atoms with Gasteiger partial charge in [0.1, 0.15) is 11.9 Å². The van der Waals surface area contributed by atoms with Gasteiger partial charge in [-0.05, 0) is 66.4 Å². The fourth-order valence-corrected chi connectivity index (χ4v) is 2.88. The Hall–Kier alpha value is -0.540. The Morgan fingerprint density at radius 1 is 1.44 bits per heavy atom. The largest absolute Gasteiger partial charge is 0.489 e. The molecule has 3 heteroatoms. The van der Waals surface area contributed by atoms with Gasteiger partial charge in [-0.25, -0.2) is 0 Å². The Kier molecular flexibility index (Phi) is 3.87. The van der Waals surface area contributed by atoms with Gasteiger partial charge in [0.05, 0.1) is 4.47 Å². The van der Waals surface area contributed by atoms with Crippen molar-refractivity contribution < 1.29 is 4.74 Å². The van der Waals surface area contributed by atoms with E-state index in [4.69, 9.17) is 10.5 Å². The van der Waals surface area contributed by atoms with Crippen LogP contribution in [0.1, 0.15) is 24.8 Å². The maximum absolute atomic E-state index is 6.04. The van der Waals surface area contributed by atoms with Crippen LogP contribution in [0.5, 0.6) is 5.75 Å². The number of nitrogens with two attached hydrogens (primary N) is 1. The standard InChI is InChI=1S/C13H18BrNO/c1-9-5-6-13(11(14)7-9)16-12-4-2-3-10(12)8-15/h5-7,10,12H,2-4,8,15H2,1H3. The van der Waals surface area contributed by atoms with E-state index < -0.39 is 0 Å². The summed E-state index contributed by atoms with van der Waals surface area (Å²) in [5, 5.41) is 0. The maximum Gasteiger partial charge on any atom is 0.133 e. The van der Waals surface area contributed by atoms with Crippen LogP contribution < -0.4 is 10.5 Å². The van der Waals surface area contributed by atoms with Crippen LogP contribution in [0.4, 0.5) is 0 Å². The van der Waals surface area contributed by atoms with Crippen LogP contribution >= 0.6 is 15.9 Å². The molecule has 1 aromatic carbocycles. The zero-order chi connectivity index (χ0) is 11.5. The van der Waals surface area contributed by atoms with E-state index in [1.54, 1.807) is 0 Å². The highest BCUT2D eigenvalue weighted by molar-refractivity contribution is 9.10. The van der Waals surface area contributed by atoms with Gasteiger partial charge in [-0.2, -0.15) is 0 Å². The van der Waals surface area contributed by atoms with E-state index in [2.05, 4.69) is 35.0 Å².